The summed E-state index contributed by atoms with van der Waals surface area (Å²) in [5, 5.41) is 0. The van der Waals surface area contributed by atoms with Gasteiger partial charge in [0.1, 0.15) is 6.29 Å². The average Bonchev–Trinajstić information content (AvgIpc) is 2.57. The van der Waals surface area contributed by atoms with Gasteiger partial charge in [0, 0.05) is 6.04 Å². The first-order valence-corrected chi connectivity index (χ1v) is 10.4. The lowest BCUT2D eigenvalue weighted by atomic mass is 9.70. The number of allylic oxidation sites excluding steroid dienone is 2. The maximum atomic E-state index is 9.54. The van der Waals surface area contributed by atoms with Crippen molar-refractivity contribution in [3.63, 3.8) is 0 Å². The third-order valence-corrected chi connectivity index (χ3v) is 5.99. The lowest BCUT2D eigenvalue weighted by Gasteiger charge is -2.37. The van der Waals surface area contributed by atoms with Crippen molar-refractivity contribution >= 4 is 6.29 Å². The van der Waals surface area contributed by atoms with Gasteiger partial charge in [-0.05, 0) is 76.2 Å². The smallest absolute Gasteiger partial charge is 0.142 e. The van der Waals surface area contributed by atoms with E-state index in [2.05, 4.69) is 6.92 Å². The van der Waals surface area contributed by atoms with Gasteiger partial charge >= 0.3 is 0 Å². The van der Waals surface area contributed by atoms with Crippen molar-refractivity contribution in [3.8, 4) is 0 Å². The lowest BCUT2D eigenvalue weighted by Crippen LogP contribution is -2.31. The fraction of sp³-hybridized carbons (Fsp3) is 0.864. The van der Waals surface area contributed by atoms with Crippen LogP contribution in [0, 0.1) is 17.8 Å². The topological polar surface area (TPSA) is 43.1 Å². The molecule has 2 N–H and O–H groups in total. The van der Waals surface area contributed by atoms with Crippen molar-refractivity contribution in [3.05, 3.63) is 11.6 Å². The van der Waals surface area contributed by atoms with E-state index in [1.807, 2.05) is 13.8 Å². The van der Waals surface area contributed by atoms with E-state index < -0.39 is 0 Å². The molecule has 0 unspecified atom stereocenters. The van der Waals surface area contributed by atoms with E-state index in [9.17, 15) is 4.79 Å². The number of carbonyl (C=O) groups excluding carboxylic acids is 1. The molecule has 0 amide bonds. The summed E-state index contributed by atoms with van der Waals surface area (Å²) in [6, 6.07) is 0.520. The van der Waals surface area contributed by atoms with Crippen molar-refractivity contribution in [1.29, 1.82) is 0 Å². The van der Waals surface area contributed by atoms with Crippen LogP contribution in [-0.2, 0) is 4.79 Å². The fourth-order valence-corrected chi connectivity index (χ4v) is 4.38. The maximum Gasteiger partial charge on any atom is 0.142 e. The molecule has 0 aliphatic heterocycles. The Labute approximate surface area is 150 Å². The van der Waals surface area contributed by atoms with Crippen molar-refractivity contribution < 1.29 is 4.79 Å². The summed E-state index contributed by atoms with van der Waals surface area (Å²) >= 11 is 0. The second-order valence-electron chi connectivity index (χ2n) is 8.33. The predicted octanol–water partition coefficient (Wildman–Crippen LogP) is 6.04. The molecule has 2 fully saturated rings. The zero-order valence-corrected chi connectivity index (χ0v) is 16.4. The van der Waals surface area contributed by atoms with Gasteiger partial charge in [0.15, 0.2) is 0 Å². The van der Waals surface area contributed by atoms with Gasteiger partial charge in [0.05, 0.1) is 0 Å². The minimum absolute atomic E-state index is 0.520. The molecule has 0 aromatic rings. The van der Waals surface area contributed by atoms with E-state index in [-0.39, 0.29) is 0 Å². The molecule has 2 saturated carbocycles. The Morgan fingerprint density at radius 3 is 1.88 bits per heavy atom. The number of unbranched alkanes of at least 4 members (excludes halogenated alkanes) is 2. The number of hydrogen-bond acceptors (Lipinski definition) is 2. The number of aldehydes is 1. The zero-order valence-electron chi connectivity index (χ0n) is 16.4. The first-order chi connectivity index (χ1) is 11.6. The highest BCUT2D eigenvalue weighted by Gasteiger charge is 2.29. The quantitative estimate of drug-likeness (QED) is 0.365. The molecular formula is C22H41NO. The van der Waals surface area contributed by atoms with Crippen molar-refractivity contribution in [2.24, 2.45) is 23.5 Å². The molecule has 0 spiro atoms. The van der Waals surface area contributed by atoms with Crippen LogP contribution in [0.2, 0.25) is 0 Å². The molecule has 0 aromatic carbocycles. The van der Waals surface area contributed by atoms with Crippen LogP contribution in [0.5, 0.6) is 0 Å². The third-order valence-electron chi connectivity index (χ3n) is 5.99. The number of hydrogen-bond donors (Lipinski definition) is 1. The highest BCUT2D eigenvalue weighted by Crippen LogP contribution is 2.40. The summed E-state index contributed by atoms with van der Waals surface area (Å²) in [5.41, 5.74) is 7.06. The van der Waals surface area contributed by atoms with Gasteiger partial charge < -0.3 is 5.73 Å². The molecule has 0 saturated heterocycles. The fourth-order valence-electron chi connectivity index (χ4n) is 4.38. The summed E-state index contributed by atoms with van der Waals surface area (Å²) in [4.78, 5) is 9.54. The predicted molar refractivity (Wildman–Crippen MR) is 105 cm³/mol. The molecule has 0 radical (unpaired) electrons. The second-order valence-corrected chi connectivity index (χ2v) is 8.33. The highest BCUT2D eigenvalue weighted by molar-refractivity contribution is 5.65. The van der Waals surface area contributed by atoms with E-state index in [0.717, 1.165) is 29.6 Å². The molecule has 0 heterocycles. The third kappa shape index (κ3) is 9.01. The number of nitrogens with two attached hydrogens (primary N) is 1. The molecule has 2 heteroatoms. The monoisotopic (exact) mass is 335 g/mol. The normalized spacial score (nSPS) is 30.0. The summed E-state index contributed by atoms with van der Waals surface area (Å²) in [6.07, 6.45) is 19.6. The highest BCUT2D eigenvalue weighted by atomic mass is 16.1. The molecule has 0 bridgehead atoms. The Hall–Kier alpha value is -0.630. The molecule has 0 atom stereocenters. The number of carbonyl (C=O) groups is 1. The first-order valence-electron chi connectivity index (χ1n) is 10.4. The summed E-state index contributed by atoms with van der Waals surface area (Å²) in [5.74, 6) is 3.15. The molecule has 2 rings (SSSR count). The molecule has 0 aromatic heterocycles. The van der Waals surface area contributed by atoms with Gasteiger partial charge in [-0.1, -0.05) is 51.0 Å². The van der Waals surface area contributed by atoms with Crippen LogP contribution >= 0.6 is 0 Å². The average molecular weight is 336 g/mol. The van der Waals surface area contributed by atoms with Gasteiger partial charge in [0.2, 0.25) is 0 Å². The van der Waals surface area contributed by atoms with Gasteiger partial charge in [-0.2, -0.15) is 0 Å². The summed E-state index contributed by atoms with van der Waals surface area (Å²) in [6.45, 7) is 6.08. The molecular weight excluding hydrogens is 294 g/mol. The standard InChI is InChI=1S/C17H33N.C5H8O/c1-2-3-4-5-14-6-8-15(9-7-14)16-10-12-17(18)13-11-16;1-5(2)3-4-6/h14-17H,2-13,18H2,1H3;3-4H,1-2H3. The Kier molecular flexibility index (Phi) is 11.3. The lowest BCUT2D eigenvalue weighted by molar-refractivity contribution is -0.104. The van der Waals surface area contributed by atoms with E-state index >= 15 is 0 Å². The SMILES string of the molecule is CC(C)=CC=O.CCCCCC1CCC(C2CCC(N)CC2)CC1. The van der Waals surface area contributed by atoms with E-state index in [1.54, 1.807) is 0 Å². The minimum atomic E-state index is 0.520. The largest absolute Gasteiger partial charge is 0.328 e. The molecule has 2 aliphatic rings. The minimum Gasteiger partial charge on any atom is -0.328 e. The van der Waals surface area contributed by atoms with Crippen molar-refractivity contribution in [2.45, 2.75) is 104 Å². The van der Waals surface area contributed by atoms with Gasteiger partial charge in [0.25, 0.3) is 0 Å². The Balaban J connectivity index is 0.000000413. The van der Waals surface area contributed by atoms with Crippen LogP contribution < -0.4 is 5.73 Å². The van der Waals surface area contributed by atoms with Crippen LogP contribution in [0.3, 0.4) is 0 Å². The van der Waals surface area contributed by atoms with Crippen LogP contribution in [0.25, 0.3) is 0 Å². The van der Waals surface area contributed by atoms with Crippen LogP contribution in [0.4, 0.5) is 0 Å². The molecule has 2 nitrogen and oxygen atoms in total. The van der Waals surface area contributed by atoms with Gasteiger partial charge in [-0.3, -0.25) is 4.79 Å². The van der Waals surface area contributed by atoms with Crippen LogP contribution in [-0.4, -0.2) is 12.3 Å². The van der Waals surface area contributed by atoms with Crippen LogP contribution in [0.1, 0.15) is 97.8 Å². The van der Waals surface area contributed by atoms with E-state index in [1.165, 1.54) is 83.1 Å². The maximum absolute atomic E-state index is 9.54. The first kappa shape index (κ1) is 21.4. The molecule has 24 heavy (non-hydrogen) atoms. The summed E-state index contributed by atoms with van der Waals surface area (Å²) in [7, 11) is 0. The van der Waals surface area contributed by atoms with E-state index in [0.29, 0.717) is 6.04 Å². The summed E-state index contributed by atoms with van der Waals surface area (Å²) < 4.78 is 0. The van der Waals surface area contributed by atoms with Crippen LogP contribution in [0.15, 0.2) is 11.6 Å². The van der Waals surface area contributed by atoms with Crippen molar-refractivity contribution in [1.82, 2.24) is 0 Å². The second kappa shape index (κ2) is 12.7. The van der Waals surface area contributed by atoms with Gasteiger partial charge in [-0.25, -0.2) is 0 Å². The molecule has 140 valence electrons. The number of rotatable bonds is 6. The Bertz CT molecular complexity index is 343. The zero-order chi connectivity index (χ0) is 17.8. The Morgan fingerprint density at radius 1 is 0.917 bits per heavy atom. The molecule has 2 aliphatic carbocycles. The van der Waals surface area contributed by atoms with Crippen molar-refractivity contribution in [2.75, 3.05) is 0 Å². The van der Waals surface area contributed by atoms with E-state index in [4.69, 9.17) is 5.73 Å². The van der Waals surface area contributed by atoms with Gasteiger partial charge in [-0.15, -0.1) is 0 Å². The Morgan fingerprint density at radius 2 is 1.46 bits per heavy atom.